The van der Waals surface area contributed by atoms with Crippen LogP contribution in [0.2, 0.25) is 0 Å². The van der Waals surface area contributed by atoms with Gasteiger partial charge in [0.2, 0.25) is 12.7 Å². The number of hydrogen-bond acceptors (Lipinski definition) is 7. The van der Waals surface area contributed by atoms with Crippen molar-refractivity contribution in [3.63, 3.8) is 0 Å². The van der Waals surface area contributed by atoms with E-state index < -0.39 is 5.66 Å². The highest BCUT2D eigenvalue weighted by molar-refractivity contribution is 5.95. The molecule has 0 bridgehead atoms. The molecule has 3 aliphatic rings. The fourth-order valence-electron chi connectivity index (χ4n) is 5.80. The van der Waals surface area contributed by atoms with E-state index in [1.165, 1.54) is 0 Å². The van der Waals surface area contributed by atoms with Crippen molar-refractivity contribution in [3.8, 4) is 23.0 Å². The number of likely N-dealkylation sites (tertiary alicyclic amines) is 1. The zero-order valence-corrected chi connectivity index (χ0v) is 22.6. The predicted molar refractivity (Wildman–Crippen MR) is 142 cm³/mol. The highest BCUT2D eigenvalue weighted by atomic mass is 16.7. The number of amides is 2. The molecular weight excluding hydrogens is 486 g/mol. The SMILES string of the molecule is COc1ccc(CCN2C(=O)[C@H](CC(C)C)NC23CCN(C(=O)c2ccc4c(c2)OCO4)CC3)cc1OC. The Hall–Kier alpha value is -3.46. The van der Waals surface area contributed by atoms with Crippen LogP contribution in [0.25, 0.3) is 0 Å². The van der Waals surface area contributed by atoms with Gasteiger partial charge >= 0.3 is 0 Å². The Morgan fingerprint density at radius 1 is 1.05 bits per heavy atom. The van der Waals surface area contributed by atoms with E-state index in [0.717, 1.165) is 12.0 Å². The van der Waals surface area contributed by atoms with Crippen LogP contribution in [0.3, 0.4) is 0 Å². The van der Waals surface area contributed by atoms with Crippen molar-refractivity contribution in [1.82, 2.24) is 15.1 Å². The van der Waals surface area contributed by atoms with Crippen LogP contribution in [0.5, 0.6) is 23.0 Å². The number of hydrogen-bond donors (Lipinski definition) is 1. The third kappa shape index (κ3) is 4.99. The Morgan fingerprint density at radius 3 is 2.50 bits per heavy atom. The van der Waals surface area contributed by atoms with Crippen LogP contribution < -0.4 is 24.3 Å². The minimum Gasteiger partial charge on any atom is -0.493 e. The first-order valence-corrected chi connectivity index (χ1v) is 13.3. The van der Waals surface area contributed by atoms with Crippen molar-refractivity contribution < 1.29 is 28.5 Å². The van der Waals surface area contributed by atoms with Crippen LogP contribution in [0.15, 0.2) is 36.4 Å². The number of fused-ring (bicyclic) bond motifs is 1. The van der Waals surface area contributed by atoms with Crippen LogP contribution in [-0.4, -0.2) is 74.0 Å². The van der Waals surface area contributed by atoms with Gasteiger partial charge in [0.1, 0.15) is 0 Å². The fourth-order valence-corrected chi connectivity index (χ4v) is 5.80. The molecule has 2 aromatic carbocycles. The second kappa shape index (κ2) is 10.7. The molecule has 38 heavy (non-hydrogen) atoms. The Labute approximate surface area is 224 Å². The van der Waals surface area contributed by atoms with Gasteiger partial charge in [0.15, 0.2) is 23.0 Å². The Balaban J connectivity index is 1.30. The molecule has 9 heteroatoms. The lowest BCUT2D eigenvalue weighted by Crippen LogP contribution is -2.60. The van der Waals surface area contributed by atoms with Crippen molar-refractivity contribution >= 4 is 11.8 Å². The first-order valence-electron chi connectivity index (χ1n) is 13.3. The minimum atomic E-state index is -0.459. The molecule has 1 N–H and O–H groups in total. The van der Waals surface area contributed by atoms with E-state index in [2.05, 4.69) is 19.2 Å². The van der Waals surface area contributed by atoms with Gasteiger partial charge < -0.3 is 28.7 Å². The van der Waals surface area contributed by atoms with Crippen LogP contribution in [0, 0.1) is 5.92 Å². The lowest BCUT2D eigenvalue weighted by Gasteiger charge is -2.44. The largest absolute Gasteiger partial charge is 0.493 e. The van der Waals surface area contributed by atoms with Gasteiger partial charge in [-0.25, -0.2) is 0 Å². The first-order chi connectivity index (χ1) is 18.3. The molecule has 1 spiro atoms. The molecule has 2 saturated heterocycles. The average molecular weight is 524 g/mol. The maximum absolute atomic E-state index is 13.6. The Bertz CT molecular complexity index is 1190. The van der Waals surface area contributed by atoms with Gasteiger partial charge in [-0.15, -0.1) is 0 Å². The van der Waals surface area contributed by atoms with Crippen molar-refractivity contribution in [1.29, 1.82) is 0 Å². The van der Waals surface area contributed by atoms with E-state index in [9.17, 15) is 9.59 Å². The highest BCUT2D eigenvalue weighted by Crippen LogP contribution is 2.37. The molecule has 2 aromatic rings. The monoisotopic (exact) mass is 523 g/mol. The molecule has 3 aliphatic heterocycles. The molecule has 0 radical (unpaired) electrons. The van der Waals surface area contributed by atoms with E-state index in [-0.39, 0.29) is 24.6 Å². The topological polar surface area (TPSA) is 89.6 Å². The number of methoxy groups -OCH3 is 2. The van der Waals surface area contributed by atoms with Gasteiger partial charge in [0.25, 0.3) is 5.91 Å². The number of nitrogens with zero attached hydrogens (tertiary/aromatic N) is 2. The summed E-state index contributed by atoms with van der Waals surface area (Å²) in [5.41, 5.74) is 1.20. The zero-order valence-electron chi connectivity index (χ0n) is 22.6. The number of rotatable bonds is 8. The van der Waals surface area contributed by atoms with Crippen LogP contribution >= 0.6 is 0 Å². The lowest BCUT2D eigenvalue weighted by molar-refractivity contribution is -0.133. The minimum absolute atomic E-state index is 0.0296. The maximum atomic E-state index is 13.6. The van der Waals surface area contributed by atoms with Gasteiger partial charge in [0, 0.05) is 38.0 Å². The molecule has 9 nitrogen and oxygen atoms in total. The van der Waals surface area contributed by atoms with Crippen molar-refractivity contribution in [2.24, 2.45) is 5.92 Å². The normalized spacial score (nSPS) is 19.9. The molecule has 1 atom stereocenters. The zero-order chi connectivity index (χ0) is 26.9. The second-order valence-corrected chi connectivity index (χ2v) is 10.6. The summed E-state index contributed by atoms with van der Waals surface area (Å²) < 4.78 is 21.7. The lowest BCUT2D eigenvalue weighted by atomic mass is 9.94. The van der Waals surface area contributed by atoms with Crippen LogP contribution in [0.1, 0.15) is 49.0 Å². The van der Waals surface area contributed by atoms with E-state index in [4.69, 9.17) is 18.9 Å². The quantitative estimate of drug-likeness (QED) is 0.567. The van der Waals surface area contributed by atoms with Crippen molar-refractivity contribution in [2.75, 3.05) is 40.6 Å². The highest BCUT2D eigenvalue weighted by Gasteiger charge is 2.51. The molecule has 2 fully saturated rings. The molecule has 2 amide bonds. The van der Waals surface area contributed by atoms with Crippen LogP contribution in [-0.2, 0) is 11.2 Å². The van der Waals surface area contributed by atoms with Gasteiger partial charge in [0.05, 0.1) is 25.9 Å². The summed E-state index contributed by atoms with van der Waals surface area (Å²) >= 11 is 0. The van der Waals surface area contributed by atoms with Crippen molar-refractivity contribution in [2.45, 2.75) is 51.2 Å². The summed E-state index contributed by atoms with van der Waals surface area (Å²) in [7, 11) is 3.24. The predicted octanol–water partition coefficient (Wildman–Crippen LogP) is 3.45. The fraction of sp³-hybridized carbons (Fsp3) is 0.517. The molecule has 0 aliphatic carbocycles. The van der Waals surface area contributed by atoms with Gasteiger partial charge in [-0.1, -0.05) is 19.9 Å². The molecule has 0 saturated carbocycles. The smallest absolute Gasteiger partial charge is 0.253 e. The molecule has 204 valence electrons. The third-order valence-corrected chi connectivity index (χ3v) is 7.80. The van der Waals surface area contributed by atoms with Crippen molar-refractivity contribution in [3.05, 3.63) is 47.5 Å². The summed E-state index contributed by atoms with van der Waals surface area (Å²) in [5, 5.41) is 3.71. The number of carbonyl (C=O) groups excluding carboxylic acids is 2. The van der Waals surface area contributed by atoms with E-state index in [1.54, 1.807) is 32.4 Å². The summed E-state index contributed by atoms with van der Waals surface area (Å²) in [6.07, 6.45) is 2.84. The average Bonchev–Trinajstić information content (AvgIpc) is 3.49. The summed E-state index contributed by atoms with van der Waals surface area (Å²) in [6.45, 7) is 6.17. The van der Waals surface area contributed by atoms with Gasteiger partial charge in [-0.05, 0) is 54.7 Å². The number of piperidine rings is 1. The van der Waals surface area contributed by atoms with Gasteiger partial charge in [-0.2, -0.15) is 0 Å². The van der Waals surface area contributed by atoms with E-state index >= 15 is 0 Å². The molecule has 0 unspecified atom stereocenters. The summed E-state index contributed by atoms with van der Waals surface area (Å²) in [5.74, 6) is 3.14. The molecule has 5 rings (SSSR count). The summed E-state index contributed by atoms with van der Waals surface area (Å²) in [6, 6.07) is 11.0. The third-order valence-electron chi connectivity index (χ3n) is 7.80. The Morgan fingerprint density at radius 2 is 1.79 bits per heavy atom. The number of ether oxygens (including phenoxy) is 4. The van der Waals surface area contributed by atoms with Crippen LogP contribution in [0.4, 0.5) is 0 Å². The van der Waals surface area contributed by atoms with E-state index in [1.807, 2.05) is 28.0 Å². The van der Waals surface area contributed by atoms with Gasteiger partial charge in [-0.3, -0.25) is 14.9 Å². The second-order valence-electron chi connectivity index (χ2n) is 10.6. The molecular formula is C29H37N3O6. The maximum Gasteiger partial charge on any atom is 0.253 e. The van der Waals surface area contributed by atoms with E-state index in [0.29, 0.717) is 73.4 Å². The standard InChI is InChI=1S/C29H37N3O6/c1-19(2)15-22-28(34)32(12-9-20-5-7-23(35-3)25(16-20)36-4)29(30-22)10-13-31(14-11-29)27(33)21-6-8-24-26(17-21)38-18-37-24/h5-8,16-17,19,22,30H,9-15,18H2,1-4H3/t22-/m0/s1. The first kappa shape index (κ1) is 26.2. The number of benzene rings is 2. The number of nitrogens with one attached hydrogen (secondary N) is 1. The molecule has 0 aromatic heterocycles. The summed E-state index contributed by atoms with van der Waals surface area (Å²) in [4.78, 5) is 30.8. The number of carbonyl (C=O) groups is 2. The Kier molecular flexibility index (Phi) is 7.38. The molecule has 3 heterocycles.